The Morgan fingerprint density at radius 2 is 1.69 bits per heavy atom. The van der Waals surface area contributed by atoms with Crippen LogP contribution in [0.15, 0.2) is 36.4 Å². The molecule has 1 saturated carbocycles. The van der Waals surface area contributed by atoms with Crippen molar-refractivity contribution in [3.8, 4) is 11.5 Å². The molecule has 2 amide bonds. The molecule has 0 bridgehead atoms. The van der Waals surface area contributed by atoms with Crippen LogP contribution in [0.25, 0.3) is 0 Å². The second-order valence-electron chi connectivity index (χ2n) is 8.11. The molecule has 8 heteroatoms. The van der Waals surface area contributed by atoms with Crippen molar-refractivity contribution in [3.63, 3.8) is 0 Å². The summed E-state index contributed by atoms with van der Waals surface area (Å²) < 4.78 is 11.4. The first-order valence-corrected chi connectivity index (χ1v) is 11.6. The number of nitrogens with zero attached hydrogens (tertiary/aromatic N) is 1. The fourth-order valence-corrected chi connectivity index (χ4v) is 5.04. The smallest absolute Gasteiger partial charge is 0.244 e. The molecule has 0 atom stereocenters. The molecule has 0 radical (unpaired) electrons. The number of fused-ring (bicyclic) bond motifs is 1. The highest BCUT2D eigenvalue weighted by Gasteiger charge is 2.45. The van der Waals surface area contributed by atoms with Gasteiger partial charge in [-0.3, -0.25) is 9.59 Å². The van der Waals surface area contributed by atoms with E-state index in [2.05, 4.69) is 5.32 Å². The largest absolute Gasteiger partial charge is 0.486 e. The maximum atomic E-state index is 13.8. The monoisotopic (exact) mass is 476 g/mol. The number of halogens is 2. The molecule has 1 fully saturated rings. The summed E-state index contributed by atoms with van der Waals surface area (Å²) in [5.74, 6) is 0.978. The van der Waals surface area contributed by atoms with E-state index in [1.54, 1.807) is 23.1 Å². The van der Waals surface area contributed by atoms with Gasteiger partial charge in [-0.25, -0.2) is 0 Å². The molecule has 0 unspecified atom stereocenters. The van der Waals surface area contributed by atoms with Crippen LogP contribution in [0.4, 0.5) is 5.69 Å². The van der Waals surface area contributed by atoms with Crippen LogP contribution >= 0.6 is 23.2 Å². The predicted octanol–water partition coefficient (Wildman–Crippen LogP) is 5.06. The van der Waals surface area contributed by atoms with Crippen molar-refractivity contribution in [2.45, 2.75) is 38.0 Å². The van der Waals surface area contributed by atoms with E-state index in [0.717, 1.165) is 31.2 Å². The Labute approximate surface area is 197 Å². The number of carbonyl (C=O) groups excluding carboxylic acids is 2. The average Bonchev–Trinajstić information content (AvgIpc) is 3.30. The Kier molecular flexibility index (Phi) is 6.82. The van der Waals surface area contributed by atoms with Gasteiger partial charge in [0.1, 0.15) is 13.2 Å². The minimum absolute atomic E-state index is 0.0467. The van der Waals surface area contributed by atoms with Gasteiger partial charge < -0.3 is 19.7 Å². The first-order valence-electron chi connectivity index (χ1n) is 10.9. The SMILES string of the molecule is CCN(CC(=O)Nc1c(Cl)cccc1Cl)C(=O)C1(c2ccc3c(c2)OCCO3)CCCC1. The number of anilines is 1. The van der Waals surface area contributed by atoms with E-state index in [1.807, 2.05) is 25.1 Å². The summed E-state index contributed by atoms with van der Waals surface area (Å²) in [4.78, 5) is 28.2. The van der Waals surface area contributed by atoms with Crippen molar-refractivity contribution in [2.75, 3.05) is 31.6 Å². The van der Waals surface area contributed by atoms with Gasteiger partial charge in [0.05, 0.1) is 27.7 Å². The number of para-hydroxylation sites is 1. The fraction of sp³-hybridized carbons (Fsp3) is 0.417. The van der Waals surface area contributed by atoms with Gasteiger partial charge in [-0.2, -0.15) is 0 Å². The zero-order valence-electron chi connectivity index (χ0n) is 18.0. The number of benzene rings is 2. The number of carbonyl (C=O) groups is 2. The van der Waals surface area contributed by atoms with Crippen LogP contribution in [-0.2, 0) is 15.0 Å². The van der Waals surface area contributed by atoms with Gasteiger partial charge in [-0.15, -0.1) is 0 Å². The molecular formula is C24H26Cl2N2O4. The minimum atomic E-state index is -0.672. The molecule has 4 rings (SSSR count). The van der Waals surface area contributed by atoms with Crippen LogP contribution in [0.3, 0.4) is 0 Å². The van der Waals surface area contributed by atoms with Crippen LogP contribution in [0.2, 0.25) is 10.0 Å². The van der Waals surface area contributed by atoms with Gasteiger partial charge in [0.2, 0.25) is 11.8 Å². The van der Waals surface area contributed by atoms with Crippen LogP contribution in [0, 0.1) is 0 Å². The molecule has 2 aliphatic rings. The lowest BCUT2D eigenvalue weighted by Gasteiger charge is -2.35. The first-order chi connectivity index (χ1) is 15.4. The molecule has 2 aromatic rings. The molecule has 6 nitrogen and oxygen atoms in total. The molecule has 0 spiro atoms. The number of nitrogens with one attached hydrogen (secondary N) is 1. The summed E-state index contributed by atoms with van der Waals surface area (Å²) in [5, 5.41) is 3.45. The van der Waals surface area contributed by atoms with Crippen molar-refractivity contribution in [2.24, 2.45) is 0 Å². The highest BCUT2D eigenvalue weighted by molar-refractivity contribution is 6.39. The summed E-state index contributed by atoms with van der Waals surface area (Å²) in [6, 6.07) is 10.8. The molecule has 170 valence electrons. The third kappa shape index (κ3) is 4.39. The van der Waals surface area contributed by atoms with Crippen LogP contribution in [-0.4, -0.2) is 43.0 Å². The predicted molar refractivity (Wildman–Crippen MR) is 125 cm³/mol. The summed E-state index contributed by atoms with van der Waals surface area (Å²) >= 11 is 12.3. The lowest BCUT2D eigenvalue weighted by molar-refractivity contribution is -0.139. The maximum Gasteiger partial charge on any atom is 0.244 e. The highest BCUT2D eigenvalue weighted by atomic mass is 35.5. The third-order valence-electron chi connectivity index (χ3n) is 6.19. The summed E-state index contributed by atoms with van der Waals surface area (Å²) in [6.07, 6.45) is 3.39. The van der Waals surface area contributed by atoms with Gasteiger partial charge in [0.15, 0.2) is 11.5 Å². The number of hydrogen-bond acceptors (Lipinski definition) is 4. The zero-order valence-corrected chi connectivity index (χ0v) is 19.5. The lowest BCUT2D eigenvalue weighted by Crippen LogP contribution is -2.48. The van der Waals surface area contributed by atoms with Gasteiger partial charge in [-0.05, 0) is 49.6 Å². The standard InChI is InChI=1S/C24H26Cl2N2O4/c1-2-28(15-21(29)27-22-17(25)6-5-7-18(22)26)23(30)24(10-3-4-11-24)16-8-9-19-20(14-16)32-13-12-31-19/h5-9,14H,2-4,10-13,15H2,1H3,(H,27,29). The quantitative estimate of drug-likeness (QED) is 0.632. The lowest BCUT2D eigenvalue weighted by atomic mass is 9.77. The second-order valence-corrected chi connectivity index (χ2v) is 8.93. The van der Waals surface area contributed by atoms with E-state index in [0.29, 0.717) is 47.0 Å². The van der Waals surface area contributed by atoms with Crippen LogP contribution < -0.4 is 14.8 Å². The van der Waals surface area contributed by atoms with Crippen molar-refractivity contribution in [1.82, 2.24) is 4.90 Å². The molecule has 0 aromatic heterocycles. The summed E-state index contributed by atoms with van der Waals surface area (Å²) in [7, 11) is 0. The van der Waals surface area contributed by atoms with E-state index in [-0.39, 0.29) is 18.4 Å². The van der Waals surface area contributed by atoms with E-state index in [1.165, 1.54) is 0 Å². The van der Waals surface area contributed by atoms with Crippen molar-refractivity contribution >= 4 is 40.7 Å². The van der Waals surface area contributed by atoms with Gasteiger partial charge >= 0.3 is 0 Å². The minimum Gasteiger partial charge on any atom is -0.486 e. The number of rotatable bonds is 6. The van der Waals surface area contributed by atoms with E-state index >= 15 is 0 Å². The van der Waals surface area contributed by atoms with Crippen molar-refractivity contribution in [1.29, 1.82) is 0 Å². The highest BCUT2D eigenvalue weighted by Crippen LogP contribution is 2.45. The van der Waals surface area contributed by atoms with Crippen molar-refractivity contribution in [3.05, 3.63) is 52.0 Å². The van der Waals surface area contributed by atoms with Gasteiger partial charge in [0.25, 0.3) is 0 Å². The molecule has 2 aromatic carbocycles. The zero-order chi connectivity index (χ0) is 22.7. The van der Waals surface area contributed by atoms with E-state index in [4.69, 9.17) is 32.7 Å². The van der Waals surface area contributed by atoms with Crippen LogP contribution in [0.1, 0.15) is 38.2 Å². The van der Waals surface area contributed by atoms with E-state index in [9.17, 15) is 9.59 Å². The second kappa shape index (κ2) is 9.59. The topological polar surface area (TPSA) is 67.9 Å². The van der Waals surface area contributed by atoms with Crippen molar-refractivity contribution < 1.29 is 19.1 Å². The number of likely N-dealkylation sites (N-methyl/N-ethyl adjacent to an activating group) is 1. The van der Waals surface area contributed by atoms with E-state index < -0.39 is 5.41 Å². The molecule has 1 aliphatic heterocycles. The van der Waals surface area contributed by atoms with Gasteiger partial charge in [-0.1, -0.05) is 48.2 Å². The number of amides is 2. The average molecular weight is 477 g/mol. The number of ether oxygens (including phenoxy) is 2. The molecule has 1 aliphatic carbocycles. The van der Waals surface area contributed by atoms with Crippen LogP contribution in [0.5, 0.6) is 11.5 Å². The summed E-state index contributed by atoms with van der Waals surface area (Å²) in [5.41, 5.74) is 0.595. The maximum absolute atomic E-state index is 13.8. The fourth-order valence-electron chi connectivity index (χ4n) is 4.55. The van der Waals surface area contributed by atoms with Gasteiger partial charge in [0, 0.05) is 6.54 Å². The molecule has 1 N–H and O–H groups in total. The third-order valence-corrected chi connectivity index (χ3v) is 6.82. The Balaban J connectivity index is 1.56. The number of hydrogen-bond donors (Lipinski definition) is 1. The Hall–Kier alpha value is -2.44. The Bertz CT molecular complexity index is 1000. The first kappa shape index (κ1) is 22.7. The molecule has 0 saturated heterocycles. The molecule has 32 heavy (non-hydrogen) atoms. The molecule has 1 heterocycles. The molecular weight excluding hydrogens is 451 g/mol. The Morgan fingerprint density at radius 3 is 2.34 bits per heavy atom. The summed E-state index contributed by atoms with van der Waals surface area (Å²) in [6.45, 7) is 3.21. The Morgan fingerprint density at radius 1 is 1.03 bits per heavy atom. The normalized spacial score (nSPS) is 16.5.